The van der Waals surface area contributed by atoms with Crippen molar-refractivity contribution in [2.45, 2.75) is 50.6 Å². The Hall–Kier alpha value is -1.82. The second-order valence-electron chi connectivity index (χ2n) is 6.87. The summed E-state index contributed by atoms with van der Waals surface area (Å²) in [5.41, 5.74) is 1.97. The zero-order chi connectivity index (χ0) is 17.6. The zero-order valence-corrected chi connectivity index (χ0v) is 15.8. The van der Waals surface area contributed by atoms with Crippen molar-refractivity contribution >= 4 is 23.4 Å². The maximum atomic E-state index is 12.1. The standard InChI is InChI=1S/C19H26N4OS/c1-14-7-6-10-16(11-14)20-18(24)13-25-19-22-21-17(23(19)2)12-15-8-4-3-5-9-15/h6-7,10-11,15H,3-5,8-9,12-13H2,1-2H3,(H,20,24). The van der Waals surface area contributed by atoms with Gasteiger partial charge in [0, 0.05) is 19.2 Å². The normalized spacial score (nSPS) is 15.3. The molecular weight excluding hydrogens is 332 g/mol. The maximum absolute atomic E-state index is 12.1. The van der Waals surface area contributed by atoms with Gasteiger partial charge in [0.05, 0.1) is 5.75 Å². The predicted molar refractivity (Wildman–Crippen MR) is 102 cm³/mol. The van der Waals surface area contributed by atoms with E-state index in [9.17, 15) is 4.79 Å². The number of hydrogen-bond acceptors (Lipinski definition) is 4. The molecule has 25 heavy (non-hydrogen) atoms. The van der Waals surface area contributed by atoms with Crippen LogP contribution in [0.25, 0.3) is 0 Å². The van der Waals surface area contributed by atoms with Gasteiger partial charge in [0.2, 0.25) is 5.91 Å². The molecule has 2 aromatic rings. The van der Waals surface area contributed by atoms with Crippen LogP contribution in [-0.4, -0.2) is 26.4 Å². The number of aryl methyl sites for hydroxylation is 1. The van der Waals surface area contributed by atoms with E-state index in [2.05, 4.69) is 15.5 Å². The van der Waals surface area contributed by atoms with E-state index < -0.39 is 0 Å². The fraction of sp³-hybridized carbons (Fsp3) is 0.526. The number of rotatable bonds is 6. The molecule has 5 nitrogen and oxygen atoms in total. The Morgan fingerprint density at radius 2 is 2.08 bits per heavy atom. The summed E-state index contributed by atoms with van der Waals surface area (Å²) >= 11 is 1.44. The lowest BCUT2D eigenvalue weighted by Crippen LogP contribution is -2.15. The molecule has 1 aromatic carbocycles. The monoisotopic (exact) mass is 358 g/mol. The molecule has 0 bridgehead atoms. The number of nitrogens with zero attached hydrogens (tertiary/aromatic N) is 3. The molecular formula is C19H26N4OS. The fourth-order valence-corrected chi connectivity index (χ4v) is 4.08. The number of carbonyl (C=O) groups excluding carboxylic acids is 1. The second-order valence-corrected chi connectivity index (χ2v) is 7.81. The van der Waals surface area contributed by atoms with E-state index >= 15 is 0 Å². The summed E-state index contributed by atoms with van der Waals surface area (Å²) in [7, 11) is 2.00. The van der Waals surface area contributed by atoms with E-state index in [0.717, 1.165) is 34.6 Å². The van der Waals surface area contributed by atoms with Gasteiger partial charge in [0.15, 0.2) is 5.16 Å². The number of carbonyl (C=O) groups is 1. The Kier molecular flexibility index (Phi) is 6.13. The van der Waals surface area contributed by atoms with Gasteiger partial charge in [-0.25, -0.2) is 0 Å². The molecule has 6 heteroatoms. The van der Waals surface area contributed by atoms with Crippen LogP contribution in [0.5, 0.6) is 0 Å². The van der Waals surface area contributed by atoms with Crippen LogP contribution >= 0.6 is 11.8 Å². The van der Waals surface area contributed by atoms with E-state index in [-0.39, 0.29) is 5.91 Å². The van der Waals surface area contributed by atoms with Crippen molar-refractivity contribution in [2.24, 2.45) is 13.0 Å². The second kappa shape index (κ2) is 8.52. The first kappa shape index (κ1) is 18.0. The number of aromatic nitrogens is 3. The summed E-state index contributed by atoms with van der Waals surface area (Å²) in [5.74, 6) is 2.09. The fourth-order valence-electron chi connectivity index (χ4n) is 3.35. The van der Waals surface area contributed by atoms with Gasteiger partial charge in [-0.3, -0.25) is 4.79 Å². The molecule has 0 aliphatic heterocycles. The van der Waals surface area contributed by atoms with Gasteiger partial charge in [-0.05, 0) is 30.5 Å². The largest absolute Gasteiger partial charge is 0.325 e. The summed E-state index contributed by atoms with van der Waals surface area (Å²) in [5, 5.41) is 12.4. The number of hydrogen-bond donors (Lipinski definition) is 1. The number of benzene rings is 1. The van der Waals surface area contributed by atoms with Gasteiger partial charge in [-0.1, -0.05) is 56.0 Å². The number of thioether (sulfide) groups is 1. The number of nitrogens with one attached hydrogen (secondary N) is 1. The summed E-state index contributed by atoms with van der Waals surface area (Å²) < 4.78 is 2.04. The van der Waals surface area contributed by atoms with Crippen molar-refractivity contribution in [3.8, 4) is 0 Å². The minimum atomic E-state index is -0.0209. The molecule has 0 radical (unpaired) electrons. The van der Waals surface area contributed by atoms with E-state index in [4.69, 9.17) is 0 Å². The minimum absolute atomic E-state index is 0.0209. The highest BCUT2D eigenvalue weighted by Gasteiger charge is 2.18. The molecule has 0 unspecified atom stereocenters. The minimum Gasteiger partial charge on any atom is -0.325 e. The topological polar surface area (TPSA) is 59.8 Å². The number of anilines is 1. The van der Waals surface area contributed by atoms with E-state index in [1.807, 2.05) is 42.8 Å². The molecule has 134 valence electrons. The first-order valence-corrected chi connectivity index (χ1v) is 9.98. The van der Waals surface area contributed by atoms with Crippen molar-refractivity contribution in [1.29, 1.82) is 0 Å². The molecule has 1 fully saturated rings. The summed E-state index contributed by atoms with van der Waals surface area (Å²) in [6.07, 6.45) is 7.64. The summed E-state index contributed by atoms with van der Waals surface area (Å²) in [6.45, 7) is 2.01. The van der Waals surface area contributed by atoms with Crippen molar-refractivity contribution in [1.82, 2.24) is 14.8 Å². The SMILES string of the molecule is Cc1cccc(NC(=O)CSc2nnc(CC3CCCCC3)n2C)c1. The van der Waals surface area contributed by atoms with E-state index in [1.54, 1.807) is 0 Å². The van der Waals surface area contributed by atoms with Crippen LogP contribution < -0.4 is 5.32 Å². The van der Waals surface area contributed by atoms with E-state index in [1.165, 1.54) is 43.9 Å². The third-order valence-electron chi connectivity index (χ3n) is 4.76. The summed E-state index contributed by atoms with van der Waals surface area (Å²) in [4.78, 5) is 12.1. The molecule has 0 spiro atoms. The smallest absolute Gasteiger partial charge is 0.234 e. The lowest BCUT2D eigenvalue weighted by Gasteiger charge is -2.20. The molecule has 1 N–H and O–H groups in total. The van der Waals surface area contributed by atoms with Gasteiger partial charge < -0.3 is 9.88 Å². The van der Waals surface area contributed by atoms with Crippen LogP contribution in [0.1, 0.15) is 43.5 Å². The molecule has 1 saturated carbocycles. The zero-order valence-electron chi connectivity index (χ0n) is 15.0. The molecule has 1 amide bonds. The average Bonchev–Trinajstić information content (AvgIpc) is 2.94. The highest BCUT2D eigenvalue weighted by molar-refractivity contribution is 7.99. The molecule has 3 rings (SSSR count). The number of amides is 1. The Morgan fingerprint density at radius 1 is 1.28 bits per heavy atom. The van der Waals surface area contributed by atoms with Crippen molar-refractivity contribution in [3.63, 3.8) is 0 Å². The highest BCUT2D eigenvalue weighted by atomic mass is 32.2. The van der Waals surface area contributed by atoms with Crippen molar-refractivity contribution in [3.05, 3.63) is 35.7 Å². The van der Waals surface area contributed by atoms with Crippen molar-refractivity contribution in [2.75, 3.05) is 11.1 Å². The Balaban J connectivity index is 1.52. The van der Waals surface area contributed by atoms with Crippen molar-refractivity contribution < 1.29 is 4.79 Å². The first-order chi connectivity index (χ1) is 12.1. The molecule has 1 aliphatic rings. The average molecular weight is 359 g/mol. The Bertz CT molecular complexity index is 722. The third-order valence-corrected chi connectivity index (χ3v) is 5.78. The van der Waals surface area contributed by atoms with Gasteiger partial charge in [-0.2, -0.15) is 0 Å². The first-order valence-electron chi connectivity index (χ1n) is 8.99. The third kappa shape index (κ3) is 5.08. The van der Waals surface area contributed by atoms with E-state index in [0.29, 0.717) is 5.75 Å². The predicted octanol–water partition coefficient (Wildman–Crippen LogP) is 3.98. The van der Waals surface area contributed by atoms with Crippen LogP contribution in [-0.2, 0) is 18.3 Å². The Morgan fingerprint density at radius 3 is 2.84 bits per heavy atom. The van der Waals surface area contributed by atoms with Crippen LogP contribution in [0, 0.1) is 12.8 Å². The molecule has 0 atom stereocenters. The van der Waals surface area contributed by atoms with Gasteiger partial charge in [-0.15, -0.1) is 10.2 Å². The maximum Gasteiger partial charge on any atom is 0.234 e. The Labute approximate surface area is 153 Å². The lowest BCUT2D eigenvalue weighted by atomic mass is 9.87. The summed E-state index contributed by atoms with van der Waals surface area (Å²) in [6, 6.07) is 7.82. The highest BCUT2D eigenvalue weighted by Crippen LogP contribution is 2.27. The molecule has 1 aromatic heterocycles. The lowest BCUT2D eigenvalue weighted by molar-refractivity contribution is -0.113. The van der Waals surface area contributed by atoms with Crippen LogP contribution in [0.15, 0.2) is 29.4 Å². The molecule has 1 heterocycles. The molecule has 1 aliphatic carbocycles. The van der Waals surface area contributed by atoms with Gasteiger partial charge >= 0.3 is 0 Å². The van der Waals surface area contributed by atoms with Gasteiger partial charge in [0.1, 0.15) is 5.82 Å². The quantitative estimate of drug-likeness (QED) is 0.794. The van der Waals surface area contributed by atoms with Crippen LogP contribution in [0.4, 0.5) is 5.69 Å². The van der Waals surface area contributed by atoms with Crippen LogP contribution in [0.2, 0.25) is 0 Å². The van der Waals surface area contributed by atoms with Crippen LogP contribution in [0.3, 0.4) is 0 Å². The van der Waals surface area contributed by atoms with Gasteiger partial charge in [0.25, 0.3) is 0 Å². The molecule has 0 saturated heterocycles.